The molecule has 4 rings (SSSR count). The standard InChI is InChI=1S/C20H26N4O3/c1-12-8-15(6-7-21-12)22-10-13-2-3-14-11-24(20(27)16(14)9-13)17-4-5-18(25)23-19(17)26/h2-3,9,12,15,17,21-22H,4-8,10-11H2,1H3,(H,23,25,26). The zero-order chi connectivity index (χ0) is 19.0. The summed E-state index contributed by atoms with van der Waals surface area (Å²) < 4.78 is 0. The molecule has 3 heterocycles. The van der Waals surface area contributed by atoms with Gasteiger partial charge in [-0.1, -0.05) is 12.1 Å². The SMILES string of the molecule is CC1CC(NCc2ccc3c(c2)C(=O)N(C2CCC(=O)NC2=O)C3)CCN1. The summed E-state index contributed by atoms with van der Waals surface area (Å²) in [6.45, 7) is 4.39. The maximum atomic E-state index is 12.9. The van der Waals surface area contributed by atoms with Crippen molar-refractivity contribution in [2.75, 3.05) is 6.54 Å². The predicted octanol–water partition coefficient (Wildman–Crippen LogP) is 0.678. The van der Waals surface area contributed by atoms with Crippen LogP contribution in [0.2, 0.25) is 0 Å². The second kappa shape index (κ2) is 7.40. The second-order valence-corrected chi connectivity index (χ2v) is 7.85. The molecule has 3 aliphatic heterocycles. The fourth-order valence-electron chi connectivity index (χ4n) is 4.29. The topological polar surface area (TPSA) is 90.5 Å². The van der Waals surface area contributed by atoms with E-state index in [2.05, 4.69) is 28.9 Å². The Morgan fingerprint density at radius 2 is 2.07 bits per heavy atom. The zero-order valence-electron chi connectivity index (χ0n) is 15.6. The molecule has 3 unspecified atom stereocenters. The fourth-order valence-corrected chi connectivity index (χ4v) is 4.29. The van der Waals surface area contributed by atoms with E-state index >= 15 is 0 Å². The molecule has 144 valence electrons. The average Bonchev–Trinajstić information content (AvgIpc) is 2.96. The molecule has 3 amide bonds. The number of imide groups is 1. The third-order valence-electron chi connectivity index (χ3n) is 5.81. The van der Waals surface area contributed by atoms with E-state index in [0.717, 1.165) is 37.1 Å². The van der Waals surface area contributed by atoms with Crippen LogP contribution in [-0.4, -0.2) is 47.3 Å². The Hall–Kier alpha value is -2.25. The van der Waals surface area contributed by atoms with E-state index in [1.807, 2.05) is 12.1 Å². The maximum absolute atomic E-state index is 12.9. The number of benzene rings is 1. The van der Waals surface area contributed by atoms with Crippen molar-refractivity contribution in [1.29, 1.82) is 0 Å². The first-order chi connectivity index (χ1) is 13.0. The summed E-state index contributed by atoms with van der Waals surface area (Å²) in [6.07, 6.45) is 2.89. The molecule has 0 radical (unpaired) electrons. The van der Waals surface area contributed by atoms with E-state index in [1.54, 1.807) is 4.90 Å². The van der Waals surface area contributed by atoms with Crippen LogP contribution in [0.4, 0.5) is 0 Å². The van der Waals surface area contributed by atoms with Gasteiger partial charge < -0.3 is 15.5 Å². The molecule has 7 heteroatoms. The lowest BCUT2D eigenvalue weighted by atomic mass is 10.00. The summed E-state index contributed by atoms with van der Waals surface area (Å²) in [5.74, 6) is -0.743. The van der Waals surface area contributed by atoms with Crippen LogP contribution in [0, 0.1) is 0 Å². The van der Waals surface area contributed by atoms with E-state index in [9.17, 15) is 14.4 Å². The van der Waals surface area contributed by atoms with E-state index < -0.39 is 6.04 Å². The van der Waals surface area contributed by atoms with Gasteiger partial charge in [0, 0.05) is 37.2 Å². The molecule has 27 heavy (non-hydrogen) atoms. The van der Waals surface area contributed by atoms with Gasteiger partial charge in [0.05, 0.1) is 0 Å². The molecular formula is C20H26N4O3. The van der Waals surface area contributed by atoms with Crippen molar-refractivity contribution in [2.24, 2.45) is 0 Å². The van der Waals surface area contributed by atoms with Gasteiger partial charge in [-0.15, -0.1) is 0 Å². The van der Waals surface area contributed by atoms with Gasteiger partial charge in [0.2, 0.25) is 11.8 Å². The number of hydrogen-bond donors (Lipinski definition) is 3. The highest BCUT2D eigenvalue weighted by Gasteiger charge is 2.39. The summed E-state index contributed by atoms with van der Waals surface area (Å²) in [5, 5.41) is 9.38. The van der Waals surface area contributed by atoms with E-state index in [1.165, 1.54) is 0 Å². The average molecular weight is 370 g/mol. The summed E-state index contributed by atoms with van der Waals surface area (Å²) in [7, 11) is 0. The number of piperidine rings is 2. The molecule has 0 aliphatic carbocycles. The fraction of sp³-hybridized carbons (Fsp3) is 0.550. The lowest BCUT2D eigenvalue weighted by Gasteiger charge is -2.29. The molecule has 0 bridgehead atoms. The van der Waals surface area contributed by atoms with Gasteiger partial charge in [0.1, 0.15) is 6.04 Å². The van der Waals surface area contributed by atoms with Crippen LogP contribution in [0.5, 0.6) is 0 Å². The summed E-state index contributed by atoms with van der Waals surface area (Å²) >= 11 is 0. The third kappa shape index (κ3) is 3.75. The van der Waals surface area contributed by atoms with Gasteiger partial charge >= 0.3 is 0 Å². The van der Waals surface area contributed by atoms with Crippen molar-refractivity contribution in [3.8, 4) is 0 Å². The van der Waals surface area contributed by atoms with Gasteiger partial charge in [-0.05, 0) is 49.9 Å². The Bertz CT molecular complexity index is 778. The molecule has 1 aromatic rings. The number of rotatable bonds is 4. The minimum Gasteiger partial charge on any atom is -0.322 e. The van der Waals surface area contributed by atoms with Gasteiger partial charge in [0.15, 0.2) is 0 Å². The largest absolute Gasteiger partial charge is 0.322 e. The van der Waals surface area contributed by atoms with Crippen molar-refractivity contribution in [1.82, 2.24) is 20.9 Å². The summed E-state index contributed by atoms with van der Waals surface area (Å²) in [5.41, 5.74) is 2.71. The number of amides is 3. The van der Waals surface area contributed by atoms with E-state index in [0.29, 0.717) is 30.6 Å². The number of carbonyl (C=O) groups is 3. The molecule has 0 aromatic heterocycles. The minimum absolute atomic E-state index is 0.114. The molecule has 3 aliphatic rings. The Kier molecular flexibility index (Phi) is 4.97. The van der Waals surface area contributed by atoms with Crippen molar-refractivity contribution in [3.63, 3.8) is 0 Å². The second-order valence-electron chi connectivity index (χ2n) is 7.85. The molecule has 1 aromatic carbocycles. The van der Waals surface area contributed by atoms with Crippen molar-refractivity contribution >= 4 is 17.7 Å². The first-order valence-electron chi connectivity index (χ1n) is 9.74. The van der Waals surface area contributed by atoms with Crippen LogP contribution in [0.15, 0.2) is 18.2 Å². The lowest BCUT2D eigenvalue weighted by Crippen LogP contribution is -2.52. The third-order valence-corrected chi connectivity index (χ3v) is 5.81. The molecule has 0 spiro atoms. The van der Waals surface area contributed by atoms with Crippen LogP contribution in [0.1, 0.15) is 54.1 Å². The predicted molar refractivity (Wildman–Crippen MR) is 99.8 cm³/mol. The summed E-state index contributed by atoms with van der Waals surface area (Å²) in [4.78, 5) is 37.9. The lowest BCUT2D eigenvalue weighted by molar-refractivity contribution is -0.136. The van der Waals surface area contributed by atoms with Crippen molar-refractivity contribution < 1.29 is 14.4 Å². The smallest absolute Gasteiger partial charge is 0.255 e. The molecule has 7 nitrogen and oxygen atoms in total. The highest BCUT2D eigenvalue weighted by Crippen LogP contribution is 2.28. The molecule has 2 fully saturated rings. The first kappa shape index (κ1) is 18.1. The highest BCUT2D eigenvalue weighted by molar-refractivity contribution is 6.05. The Morgan fingerprint density at radius 1 is 1.22 bits per heavy atom. The Labute approximate surface area is 158 Å². The van der Waals surface area contributed by atoms with Crippen molar-refractivity contribution in [2.45, 2.75) is 63.8 Å². The van der Waals surface area contributed by atoms with Crippen LogP contribution in [-0.2, 0) is 22.7 Å². The monoisotopic (exact) mass is 370 g/mol. The molecule has 2 saturated heterocycles. The highest BCUT2D eigenvalue weighted by atomic mass is 16.2. The zero-order valence-corrected chi connectivity index (χ0v) is 15.6. The number of fused-ring (bicyclic) bond motifs is 1. The van der Waals surface area contributed by atoms with Crippen LogP contribution < -0.4 is 16.0 Å². The van der Waals surface area contributed by atoms with E-state index in [4.69, 9.17) is 0 Å². The van der Waals surface area contributed by atoms with Crippen molar-refractivity contribution in [3.05, 3.63) is 34.9 Å². The van der Waals surface area contributed by atoms with Gasteiger partial charge in [-0.25, -0.2) is 0 Å². The van der Waals surface area contributed by atoms with Crippen LogP contribution >= 0.6 is 0 Å². The van der Waals surface area contributed by atoms with Gasteiger partial charge in [-0.3, -0.25) is 19.7 Å². The van der Waals surface area contributed by atoms with Crippen LogP contribution in [0.3, 0.4) is 0 Å². The molecule has 0 saturated carbocycles. The first-order valence-corrected chi connectivity index (χ1v) is 9.74. The number of nitrogens with zero attached hydrogens (tertiary/aromatic N) is 1. The quantitative estimate of drug-likeness (QED) is 0.678. The van der Waals surface area contributed by atoms with E-state index in [-0.39, 0.29) is 24.1 Å². The minimum atomic E-state index is -0.555. The Balaban J connectivity index is 1.42. The van der Waals surface area contributed by atoms with Crippen LogP contribution in [0.25, 0.3) is 0 Å². The van der Waals surface area contributed by atoms with Gasteiger partial charge in [-0.2, -0.15) is 0 Å². The molecule has 3 N–H and O–H groups in total. The molecule has 3 atom stereocenters. The molecular weight excluding hydrogens is 344 g/mol. The van der Waals surface area contributed by atoms with Gasteiger partial charge in [0.25, 0.3) is 5.91 Å². The normalized spacial score (nSPS) is 28.3. The Morgan fingerprint density at radius 3 is 2.85 bits per heavy atom. The maximum Gasteiger partial charge on any atom is 0.255 e. The number of carbonyl (C=O) groups excluding carboxylic acids is 3. The number of hydrogen-bond acceptors (Lipinski definition) is 5. The summed E-state index contributed by atoms with van der Waals surface area (Å²) in [6, 6.07) is 6.45. The number of nitrogens with one attached hydrogen (secondary N) is 3.